The van der Waals surface area contributed by atoms with E-state index in [1.54, 1.807) is 0 Å². The molecule has 0 radical (unpaired) electrons. The third-order valence-corrected chi connectivity index (χ3v) is 3.20. The van der Waals surface area contributed by atoms with Crippen molar-refractivity contribution in [3.8, 4) is 0 Å². The van der Waals surface area contributed by atoms with Crippen LogP contribution in [-0.2, 0) is 17.6 Å². The summed E-state index contributed by atoms with van der Waals surface area (Å²) < 4.78 is 40.5. The van der Waals surface area contributed by atoms with Crippen molar-refractivity contribution < 1.29 is 17.9 Å². The van der Waals surface area contributed by atoms with E-state index in [-0.39, 0.29) is 12.6 Å². The van der Waals surface area contributed by atoms with E-state index in [1.807, 2.05) is 7.05 Å². The van der Waals surface area contributed by atoms with Crippen LogP contribution in [0.3, 0.4) is 0 Å². The van der Waals surface area contributed by atoms with E-state index < -0.39 is 12.8 Å². The molecule has 0 saturated carbocycles. The molecule has 0 bridgehead atoms. The average molecular weight is 289 g/mol. The Bertz CT molecular complexity index is 376. The first kappa shape index (κ1) is 17.0. The molecule has 0 spiro atoms. The summed E-state index contributed by atoms with van der Waals surface area (Å²) in [6.07, 6.45) is -1.90. The van der Waals surface area contributed by atoms with Crippen LogP contribution in [0, 0.1) is 0 Å². The fourth-order valence-corrected chi connectivity index (χ4v) is 1.96. The van der Waals surface area contributed by atoms with Gasteiger partial charge in [-0.05, 0) is 37.4 Å². The van der Waals surface area contributed by atoms with E-state index in [2.05, 4.69) is 41.2 Å². The number of alkyl halides is 3. The SMILES string of the molecule is CCc1ccc(CC(CCOCC(F)(F)F)NC)cc1. The fraction of sp³-hybridized carbons (Fsp3) is 0.600. The molecule has 2 nitrogen and oxygen atoms in total. The van der Waals surface area contributed by atoms with Crippen LogP contribution in [0.15, 0.2) is 24.3 Å². The largest absolute Gasteiger partial charge is 0.411 e. The molecule has 5 heteroatoms. The Hall–Kier alpha value is -1.07. The van der Waals surface area contributed by atoms with Crippen LogP contribution in [0.2, 0.25) is 0 Å². The molecule has 114 valence electrons. The Labute approximate surface area is 118 Å². The summed E-state index contributed by atoms with van der Waals surface area (Å²) in [6, 6.07) is 8.43. The van der Waals surface area contributed by atoms with Gasteiger partial charge < -0.3 is 10.1 Å². The van der Waals surface area contributed by atoms with Crippen molar-refractivity contribution in [2.24, 2.45) is 0 Å². The molecule has 20 heavy (non-hydrogen) atoms. The lowest BCUT2D eigenvalue weighted by Gasteiger charge is -2.17. The Kier molecular flexibility index (Phi) is 7.02. The predicted molar refractivity (Wildman–Crippen MR) is 73.9 cm³/mol. The van der Waals surface area contributed by atoms with E-state index in [0.29, 0.717) is 6.42 Å². The van der Waals surface area contributed by atoms with Gasteiger partial charge in [-0.15, -0.1) is 0 Å². The zero-order valence-corrected chi connectivity index (χ0v) is 12.0. The number of benzene rings is 1. The van der Waals surface area contributed by atoms with Crippen LogP contribution in [-0.4, -0.2) is 32.5 Å². The van der Waals surface area contributed by atoms with Crippen molar-refractivity contribution in [3.05, 3.63) is 35.4 Å². The summed E-state index contributed by atoms with van der Waals surface area (Å²) >= 11 is 0. The maximum absolute atomic E-state index is 11.9. The molecule has 0 aromatic heterocycles. The number of halogens is 3. The van der Waals surface area contributed by atoms with E-state index in [1.165, 1.54) is 11.1 Å². The van der Waals surface area contributed by atoms with Gasteiger partial charge in [-0.2, -0.15) is 13.2 Å². The summed E-state index contributed by atoms with van der Waals surface area (Å²) in [5.41, 5.74) is 2.46. The topological polar surface area (TPSA) is 21.3 Å². The smallest absolute Gasteiger partial charge is 0.372 e. The second-order valence-corrected chi connectivity index (χ2v) is 4.82. The van der Waals surface area contributed by atoms with Gasteiger partial charge in [0.1, 0.15) is 6.61 Å². The van der Waals surface area contributed by atoms with Crippen molar-refractivity contribution in [2.45, 2.75) is 38.4 Å². The molecule has 1 atom stereocenters. The lowest BCUT2D eigenvalue weighted by atomic mass is 10.0. The van der Waals surface area contributed by atoms with Crippen molar-refractivity contribution >= 4 is 0 Å². The van der Waals surface area contributed by atoms with Gasteiger partial charge in [-0.3, -0.25) is 0 Å². The van der Waals surface area contributed by atoms with Crippen LogP contribution >= 0.6 is 0 Å². The van der Waals surface area contributed by atoms with E-state index >= 15 is 0 Å². The van der Waals surface area contributed by atoms with Crippen LogP contribution in [0.5, 0.6) is 0 Å². The van der Waals surface area contributed by atoms with Gasteiger partial charge in [0.05, 0.1) is 0 Å². The number of aryl methyl sites for hydroxylation is 1. The number of hydrogen-bond donors (Lipinski definition) is 1. The van der Waals surface area contributed by atoms with Gasteiger partial charge in [-0.1, -0.05) is 31.2 Å². The lowest BCUT2D eigenvalue weighted by Crippen LogP contribution is -2.29. The lowest BCUT2D eigenvalue weighted by molar-refractivity contribution is -0.174. The van der Waals surface area contributed by atoms with Crippen LogP contribution in [0.25, 0.3) is 0 Å². The highest BCUT2D eigenvalue weighted by molar-refractivity contribution is 5.23. The quantitative estimate of drug-likeness (QED) is 0.741. The van der Waals surface area contributed by atoms with E-state index in [0.717, 1.165) is 12.8 Å². The number of hydrogen-bond acceptors (Lipinski definition) is 2. The zero-order valence-electron chi connectivity index (χ0n) is 12.0. The fourth-order valence-electron chi connectivity index (χ4n) is 1.96. The molecule has 1 rings (SSSR count). The second kappa shape index (κ2) is 8.27. The Morgan fingerprint density at radius 3 is 2.25 bits per heavy atom. The minimum absolute atomic E-state index is 0.109. The molecule has 0 amide bonds. The molecule has 0 heterocycles. The summed E-state index contributed by atoms with van der Waals surface area (Å²) in [6.45, 7) is 1.04. The van der Waals surface area contributed by atoms with Gasteiger partial charge in [-0.25, -0.2) is 0 Å². The summed E-state index contributed by atoms with van der Waals surface area (Å²) in [7, 11) is 1.81. The van der Waals surface area contributed by atoms with Crippen LogP contribution < -0.4 is 5.32 Å². The van der Waals surface area contributed by atoms with Gasteiger partial charge in [0.2, 0.25) is 0 Å². The first-order valence-electron chi connectivity index (χ1n) is 6.84. The third kappa shape index (κ3) is 6.91. The summed E-state index contributed by atoms with van der Waals surface area (Å²) in [4.78, 5) is 0. The van der Waals surface area contributed by atoms with Crippen molar-refractivity contribution in [2.75, 3.05) is 20.3 Å². The molecule has 0 aliphatic rings. The predicted octanol–water partition coefficient (Wildman–Crippen LogP) is 3.35. The summed E-state index contributed by atoms with van der Waals surface area (Å²) in [5, 5.41) is 3.12. The van der Waals surface area contributed by atoms with Gasteiger partial charge in [0, 0.05) is 12.6 Å². The van der Waals surface area contributed by atoms with E-state index in [4.69, 9.17) is 0 Å². The molecule has 1 aromatic carbocycles. The highest BCUT2D eigenvalue weighted by atomic mass is 19.4. The Morgan fingerprint density at radius 1 is 1.15 bits per heavy atom. The summed E-state index contributed by atoms with van der Waals surface area (Å²) in [5.74, 6) is 0. The molecule has 0 aliphatic carbocycles. The standard InChI is InChI=1S/C15H22F3NO/c1-3-12-4-6-13(7-5-12)10-14(19-2)8-9-20-11-15(16,17)18/h4-7,14,19H,3,8-11H2,1-2H3. The number of nitrogens with one attached hydrogen (secondary N) is 1. The Balaban J connectivity index is 2.34. The van der Waals surface area contributed by atoms with Crippen molar-refractivity contribution in [1.29, 1.82) is 0 Å². The minimum Gasteiger partial charge on any atom is -0.372 e. The highest BCUT2D eigenvalue weighted by Gasteiger charge is 2.27. The first-order valence-corrected chi connectivity index (χ1v) is 6.84. The first-order chi connectivity index (χ1) is 9.44. The Morgan fingerprint density at radius 2 is 1.75 bits per heavy atom. The molecule has 1 aromatic rings. The maximum Gasteiger partial charge on any atom is 0.411 e. The molecular formula is C15H22F3NO. The second-order valence-electron chi connectivity index (χ2n) is 4.82. The highest BCUT2D eigenvalue weighted by Crippen LogP contribution is 2.15. The third-order valence-electron chi connectivity index (χ3n) is 3.20. The molecular weight excluding hydrogens is 267 g/mol. The maximum atomic E-state index is 11.9. The van der Waals surface area contributed by atoms with E-state index in [9.17, 15) is 13.2 Å². The van der Waals surface area contributed by atoms with Gasteiger partial charge >= 0.3 is 6.18 Å². The van der Waals surface area contributed by atoms with Gasteiger partial charge in [0.25, 0.3) is 0 Å². The molecule has 0 fully saturated rings. The van der Waals surface area contributed by atoms with Gasteiger partial charge in [0.15, 0.2) is 0 Å². The molecule has 1 N–H and O–H groups in total. The molecule has 1 unspecified atom stereocenters. The number of likely N-dealkylation sites (N-methyl/N-ethyl adjacent to an activating group) is 1. The van der Waals surface area contributed by atoms with Crippen molar-refractivity contribution in [3.63, 3.8) is 0 Å². The monoisotopic (exact) mass is 289 g/mol. The molecule has 0 aliphatic heterocycles. The number of ether oxygens (including phenoxy) is 1. The average Bonchev–Trinajstić information content (AvgIpc) is 2.42. The van der Waals surface area contributed by atoms with Crippen molar-refractivity contribution in [1.82, 2.24) is 5.32 Å². The van der Waals surface area contributed by atoms with Crippen LogP contribution in [0.1, 0.15) is 24.5 Å². The minimum atomic E-state index is -4.24. The molecule has 0 saturated heterocycles. The zero-order chi connectivity index (χ0) is 15.0. The normalized spacial score (nSPS) is 13.4. The van der Waals surface area contributed by atoms with Crippen LogP contribution in [0.4, 0.5) is 13.2 Å². The number of rotatable bonds is 8.